The van der Waals surface area contributed by atoms with Gasteiger partial charge in [-0.25, -0.2) is 0 Å². The first-order valence-electron chi connectivity index (χ1n) is 3.81. The van der Waals surface area contributed by atoms with Crippen LogP contribution in [-0.4, -0.2) is 23.5 Å². The number of hydrogen-bond acceptors (Lipinski definition) is 3. The number of aliphatic hydroxyl groups is 1. The molecule has 4 heteroatoms. The molecule has 0 aliphatic rings. The average molecular weight is 244 g/mol. The molecule has 0 fully saturated rings. The third-order valence-corrected chi connectivity index (χ3v) is 2.19. The Morgan fingerprint density at radius 3 is 2.46 bits per heavy atom. The maximum atomic E-state index is 11.4. The second kappa shape index (κ2) is 4.50. The van der Waals surface area contributed by atoms with Gasteiger partial charge in [0.1, 0.15) is 0 Å². The molecule has 0 saturated heterocycles. The summed E-state index contributed by atoms with van der Waals surface area (Å²) in [7, 11) is 0. The maximum Gasteiger partial charge on any atom is 0.181 e. The van der Waals surface area contributed by atoms with Crippen molar-refractivity contribution >= 4 is 21.7 Å². The Morgan fingerprint density at radius 2 is 2.00 bits per heavy atom. The minimum atomic E-state index is -0.818. The number of aliphatic hydroxyl groups excluding tert-OH is 1. The number of carbonyl (C=O) groups excluding carboxylic acids is 1. The highest BCUT2D eigenvalue weighted by Crippen LogP contribution is 2.11. The maximum absolute atomic E-state index is 11.4. The number of ketones is 1. The number of carbonyl (C=O) groups is 1. The van der Waals surface area contributed by atoms with Crippen LogP contribution in [0.4, 0.5) is 0 Å². The van der Waals surface area contributed by atoms with Gasteiger partial charge in [0.15, 0.2) is 5.78 Å². The van der Waals surface area contributed by atoms with Gasteiger partial charge in [-0.1, -0.05) is 28.1 Å². The largest absolute Gasteiger partial charge is 0.394 e. The number of hydrogen-bond donors (Lipinski definition) is 2. The Morgan fingerprint density at radius 1 is 1.46 bits per heavy atom. The number of nitrogens with two attached hydrogens (primary N) is 1. The van der Waals surface area contributed by atoms with Crippen molar-refractivity contribution in [3.8, 4) is 0 Å². The lowest BCUT2D eigenvalue weighted by atomic mass is 10.1. The summed E-state index contributed by atoms with van der Waals surface area (Å²) in [6, 6.07) is 6.04. The van der Waals surface area contributed by atoms with Gasteiger partial charge in [-0.3, -0.25) is 4.79 Å². The summed E-state index contributed by atoms with van der Waals surface area (Å²) in [5, 5.41) is 8.67. The second-order valence-corrected chi connectivity index (χ2v) is 3.58. The highest BCUT2D eigenvalue weighted by Gasteiger charge is 2.13. The SMILES string of the molecule is NC(CO)C(=O)c1ccc(Br)cc1. The smallest absolute Gasteiger partial charge is 0.181 e. The van der Waals surface area contributed by atoms with Gasteiger partial charge in [-0.15, -0.1) is 0 Å². The molecule has 3 N–H and O–H groups in total. The summed E-state index contributed by atoms with van der Waals surface area (Å²) in [5.41, 5.74) is 5.89. The predicted molar refractivity (Wildman–Crippen MR) is 53.5 cm³/mol. The molecule has 1 aromatic rings. The van der Waals surface area contributed by atoms with Gasteiger partial charge in [0, 0.05) is 10.0 Å². The van der Waals surface area contributed by atoms with Crippen LogP contribution < -0.4 is 5.73 Å². The topological polar surface area (TPSA) is 63.3 Å². The third-order valence-electron chi connectivity index (χ3n) is 1.66. The first kappa shape index (κ1) is 10.4. The van der Waals surface area contributed by atoms with Crippen LogP contribution in [0.2, 0.25) is 0 Å². The molecular formula is C9H10BrNO2. The van der Waals surface area contributed by atoms with E-state index in [1.165, 1.54) is 0 Å². The van der Waals surface area contributed by atoms with E-state index >= 15 is 0 Å². The van der Waals surface area contributed by atoms with E-state index in [0.29, 0.717) is 5.56 Å². The van der Waals surface area contributed by atoms with E-state index in [9.17, 15) is 4.79 Å². The van der Waals surface area contributed by atoms with Crippen molar-refractivity contribution in [3.05, 3.63) is 34.3 Å². The van der Waals surface area contributed by atoms with E-state index in [4.69, 9.17) is 10.8 Å². The van der Waals surface area contributed by atoms with Crippen molar-refractivity contribution < 1.29 is 9.90 Å². The van der Waals surface area contributed by atoms with Crippen molar-refractivity contribution in [2.45, 2.75) is 6.04 Å². The van der Waals surface area contributed by atoms with Gasteiger partial charge in [-0.05, 0) is 12.1 Å². The standard InChI is InChI=1S/C9H10BrNO2/c10-7-3-1-6(2-4-7)9(13)8(11)5-12/h1-4,8,12H,5,11H2. The fourth-order valence-electron chi connectivity index (χ4n) is 0.911. The van der Waals surface area contributed by atoms with Gasteiger partial charge in [0.05, 0.1) is 12.6 Å². The van der Waals surface area contributed by atoms with E-state index in [2.05, 4.69) is 15.9 Å². The van der Waals surface area contributed by atoms with Crippen LogP contribution in [0.3, 0.4) is 0 Å². The van der Waals surface area contributed by atoms with Crippen LogP contribution in [0.1, 0.15) is 10.4 Å². The Balaban J connectivity index is 2.83. The fraction of sp³-hybridized carbons (Fsp3) is 0.222. The van der Waals surface area contributed by atoms with E-state index in [1.807, 2.05) is 0 Å². The number of Topliss-reactive ketones (excluding diaryl/α,β-unsaturated/α-hetero) is 1. The molecule has 0 aromatic heterocycles. The Labute approximate surface area is 84.7 Å². The van der Waals surface area contributed by atoms with Crippen LogP contribution in [0.15, 0.2) is 28.7 Å². The van der Waals surface area contributed by atoms with Crippen molar-refractivity contribution in [1.29, 1.82) is 0 Å². The first-order chi connectivity index (χ1) is 6.15. The highest BCUT2D eigenvalue weighted by molar-refractivity contribution is 9.10. The Hall–Kier alpha value is -0.710. The molecule has 0 heterocycles. The highest BCUT2D eigenvalue weighted by atomic mass is 79.9. The molecule has 0 aliphatic carbocycles. The van der Waals surface area contributed by atoms with E-state index in [1.54, 1.807) is 24.3 Å². The van der Waals surface area contributed by atoms with Crippen molar-refractivity contribution in [1.82, 2.24) is 0 Å². The van der Waals surface area contributed by atoms with Crippen LogP contribution in [0.5, 0.6) is 0 Å². The molecule has 70 valence electrons. The molecule has 1 unspecified atom stereocenters. The molecule has 1 atom stereocenters. The summed E-state index contributed by atoms with van der Waals surface area (Å²) in [4.78, 5) is 11.4. The number of rotatable bonds is 3. The lowest BCUT2D eigenvalue weighted by Gasteiger charge is -2.06. The normalized spacial score (nSPS) is 12.5. The molecule has 0 aliphatic heterocycles. The second-order valence-electron chi connectivity index (χ2n) is 2.66. The zero-order valence-corrected chi connectivity index (χ0v) is 8.49. The Kier molecular flexibility index (Phi) is 3.59. The molecule has 0 bridgehead atoms. The lowest BCUT2D eigenvalue weighted by Crippen LogP contribution is -2.33. The van der Waals surface area contributed by atoms with E-state index in [-0.39, 0.29) is 12.4 Å². The summed E-state index contributed by atoms with van der Waals surface area (Å²) in [6.07, 6.45) is 0. The number of halogens is 1. The monoisotopic (exact) mass is 243 g/mol. The average Bonchev–Trinajstić information content (AvgIpc) is 2.17. The third kappa shape index (κ3) is 2.62. The Bertz CT molecular complexity index is 297. The van der Waals surface area contributed by atoms with Crippen LogP contribution in [0.25, 0.3) is 0 Å². The van der Waals surface area contributed by atoms with Crippen molar-refractivity contribution in [3.63, 3.8) is 0 Å². The quantitative estimate of drug-likeness (QED) is 0.778. The zero-order valence-electron chi connectivity index (χ0n) is 6.90. The summed E-state index contributed by atoms with van der Waals surface area (Å²) in [6.45, 7) is -0.325. The van der Waals surface area contributed by atoms with Crippen molar-refractivity contribution in [2.75, 3.05) is 6.61 Å². The van der Waals surface area contributed by atoms with Crippen molar-refractivity contribution in [2.24, 2.45) is 5.73 Å². The molecule has 1 aromatic carbocycles. The number of benzene rings is 1. The molecule has 0 amide bonds. The summed E-state index contributed by atoms with van der Waals surface area (Å²) in [5.74, 6) is -0.241. The molecule has 1 rings (SSSR count). The fourth-order valence-corrected chi connectivity index (χ4v) is 1.18. The molecule has 3 nitrogen and oxygen atoms in total. The van der Waals surface area contributed by atoms with Gasteiger partial charge in [0.2, 0.25) is 0 Å². The van der Waals surface area contributed by atoms with Gasteiger partial charge in [-0.2, -0.15) is 0 Å². The van der Waals surface area contributed by atoms with Crippen LogP contribution in [-0.2, 0) is 0 Å². The minimum Gasteiger partial charge on any atom is -0.394 e. The van der Waals surface area contributed by atoms with E-state index in [0.717, 1.165) is 4.47 Å². The molecule has 0 radical (unpaired) electrons. The predicted octanol–water partition coefficient (Wildman–Crippen LogP) is 0.951. The molecule has 0 saturated carbocycles. The van der Waals surface area contributed by atoms with Gasteiger partial charge in [0.25, 0.3) is 0 Å². The molecule has 13 heavy (non-hydrogen) atoms. The van der Waals surface area contributed by atoms with Crippen LogP contribution in [0, 0.1) is 0 Å². The molecule has 0 spiro atoms. The lowest BCUT2D eigenvalue weighted by molar-refractivity contribution is 0.0925. The van der Waals surface area contributed by atoms with Gasteiger partial charge < -0.3 is 10.8 Å². The van der Waals surface area contributed by atoms with Crippen LogP contribution >= 0.6 is 15.9 Å². The van der Waals surface area contributed by atoms with E-state index < -0.39 is 6.04 Å². The first-order valence-corrected chi connectivity index (χ1v) is 4.60. The minimum absolute atomic E-state index is 0.241. The summed E-state index contributed by atoms with van der Waals surface area (Å²) < 4.78 is 0.904. The van der Waals surface area contributed by atoms with Gasteiger partial charge >= 0.3 is 0 Å². The molecular weight excluding hydrogens is 234 g/mol. The zero-order chi connectivity index (χ0) is 9.84. The summed E-state index contributed by atoms with van der Waals surface area (Å²) >= 11 is 3.26.